The summed E-state index contributed by atoms with van der Waals surface area (Å²) in [6, 6.07) is 11.6. The molecule has 1 aliphatic heterocycles. The van der Waals surface area contributed by atoms with Gasteiger partial charge < -0.3 is 10.4 Å². The van der Waals surface area contributed by atoms with E-state index in [-0.39, 0.29) is 23.6 Å². The molecule has 2 unspecified atom stereocenters. The SMILES string of the molecule is CC(C(=O)NC1CCN(C(C)c2ccncc2)CC1)c1cccc(O)c1. The molecule has 1 fully saturated rings. The number of piperidine rings is 1. The van der Waals surface area contributed by atoms with E-state index in [4.69, 9.17) is 0 Å². The Balaban J connectivity index is 1.51. The Morgan fingerprint density at radius 3 is 2.50 bits per heavy atom. The molecule has 0 bridgehead atoms. The van der Waals surface area contributed by atoms with Crippen LogP contribution in [0.3, 0.4) is 0 Å². The molecule has 138 valence electrons. The van der Waals surface area contributed by atoms with Gasteiger partial charge in [0.25, 0.3) is 0 Å². The molecule has 5 heteroatoms. The Kier molecular flexibility index (Phi) is 5.89. The third-order valence-corrected chi connectivity index (χ3v) is 5.38. The minimum absolute atomic E-state index is 0.0243. The summed E-state index contributed by atoms with van der Waals surface area (Å²) < 4.78 is 0. The van der Waals surface area contributed by atoms with Crippen molar-refractivity contribution in [2.24, 2.45) is 0 Å². The molecule has 1 aromatic heterocycles. The number of carbonyl (C=O) groups is 1. The maximum Gasteiger partial charge on any atom is 0.227 e. The van der Waals surface area contributed by atoms with Crippen LogP contribution in [-0.2, 0) is 4.79 Å². The van der Waals surface area contributed by atoms with Gasteiger partial charge in [0.15, 0.2) is 0 Å². The molecule has 0 spiro atoms. The van der Waals surface area contributed by atoms with Gasteiger partial charge in [-0.25, -0.2) is 0 Å². The predicted octanol–water partition coefficient (Wildman–Crippen LogP) is 3.23. The zero-order valence-corrected chi connectivity index (χ0v) is 15.4. The van der Waals surface area contributed by atoms with E-state index in [1.807, 2.05) is 25.4 Å². The molecule has 26 heavy (non-hydrogen) atoms. The fraction of sp³-hybridized carbons (Fsp3) is 0.429. The third-order valence-electron chi connectivity index (χ3n) is 5.38. The number of phenolic OH excluding ortho intramolecular Hbond substituents is 1. The van der Waals surface area contributed by atoms with Gasteiger partial charge in [-0.2, -0.15) is 0 Å². The first kappa shape index (κ1) is 18.4. The average Bonchev–Trinajstić information content (AvgIpc) is 2.68. The lowest BCUT2D eigenvalue weighted by molar-refractivity contribution is -0.123. The highest BCUT2D eigenvalue weighted by Gasteiger charge is 2.26. The van der Waals surface area contributed by atoms with Gasteiger partial charge in [-0.1, -0.05) is 12.1 Å². The fourth-order valence-electron chi connectivity index (χ4n) is 3.56. The van der Waals surface area contributed by atoms with E-state index in [1.54, 1.807) is 18.2 Å². The van der Waals surface area contributed by atoms with E-state index in [0.717, 1.165) is 31.5 Å². The lowest BCUT2D eigenvalue weighted by atomic mass is 9.97. The number of likely N-dealkylation sites (tertiary alicyclic amines) is 1. The first-order valence-corrected chi connectivity index (χ1v) is 9.28. The van der Waals surface area contributed by atoms with Gasteiger partial charge in [0.1, 0.15) is 5.75 Å². The molecule has 3 rings (SSSR count). The zero-order valence-electron chi connectivity index (χ0n) is 15.4. The van der Waals surface area contributed by atoms with Crippen molar-refractivity contribution in [2.75, 3.05) is 13.1 Å². The summed E-state index contributed by atoms with van der Waals surface area (Å²) in [4.78, 5) is 19.1. The van der Waals surface area contributed by atoms with Crippen molar-refractivity contribution in [1.82, 2.24) is 15.2 Å². The Hall–Kier alpha value is -2.40. The molecular weight excluding hydrogens is 326 g/mol. The first-order valence-electron chi connectivity index (χ1n) is 9.28. The number of rotatable bonds is 5. The van der Waals surface area contributed by atoms with E-state index in [9.17, 15) is 9.90 Å². The molecule has 0 radical (unpaired) electrons. The average molecular weight is 353 g/mol. The molecule has 5 nitrogen and oxygen atoms in total. The molecule has 1 aromatic carbocycles. The van der Waals surface area contributed by atoms with Crippen LogP contribution in [0.1, 0.15) is 49.8 Å². The van der Waals surface area contributed by atoms with Crippen LogP contribution in [-0.4, -0.2) is 40.0 Å². The summed E-state index contributed by atoms with van der Waals surface area (Å²) in [7, 11) is 0. The maximum absolute atomic E-state index is 12.5. The second-order valence-corrected chi connectivity index (χ2v) is 7.09. The van der Waals surface area contributed by atoms with Crippen molar-refractivity contribution in [1.29, 1.82) is 0 Å². The van der Waals surface area contributed by atoms with E-state index in [1.165, 1.54) is 5.56 Å². The summed E-state index contributed by atoms with van der Waals surface area (Å²) in [5.41, 5.74) is 2.12. The van der Waals surface area contributed by atoms with E-state index in [0.29, 0.717) is 6.04 Å². The lowest BCUT2D eigenvalue weighted by Gasteiger charge is -2.36. The number of amides is 1. The van der Waals surface area contributed by atoms with Crippen molar-refractivity contribution in [3.63, 3.8) is 0 Å². The monoisotopic (exact) mass is 353 g/mol. The molecule has 2 aromatic rings. The molecular formula is C21H27N3O2. The largest absolute Gasteiger partial charge is 0.508 e. The van der Waals surface area contributed by atoms with Crippen LogP contribution in [0.4, 0.5) is 0 Å². The number of benzene rings is 1. The molecule has 1 aliphatic rings. The summed E-state index contributed by atoms with van der Waals surface area (Å²) >= 11 is 0. The number of phenols is 1. The third kappa shape index (κ3) is 4.41. The smallest absolute Gasteiger partial charge is 0.227 e. The van der Waals surface area contributed by atoms with Crippen LogP contribution in [0.25, 0.3) is 0 Å². The van der Waals surface area contributed by atoms with Gasteiger partial charge in [0.2, 0.25) is 5.91 Å². The van der Waals surface area contributed by atoms with Gasteiger partial charge in [-0.15, -0.1) is 0 Å². The van der Waals surface area contributed by atoms with Crippen molar-refractivity contribution in [2.45, 2.75) is 44.7 Å². The summed E-state index contributed by atoms with van der Waals surface area (Å²) in [5, 5.41) is 12.8. The molecule has 0 aliphatic carbocycles. The van der Waals surface area contributed by atoms with E-state index < -0.39 is 0 Å². The Bertz CT molecular complexity index is 727. The highest BCUT2D eigenvalue weighted by molar-refractivity contribution is 5.83. The minimum Gasteiger partial charge on any atom is -0.508 e. The second-order valence-electron chi connectivity index (χ2n) is 7.09. The Labute approximate surface area is 155 Å². The van der Waals surface area contributed by atoms with Gasteiger partial charge in [-0.3, -0.25) is 14.7 Å². The fourth-order valence-corrected chi connectivity index (χ4v) is 3.56. The van der Waals surface area contributed by atoms with Crippen molar-refractivity contribution in [3.05, 3.63) is 59.9 Å². The van der Waals surface area contributed by atoms with Gasteiger partial charge in [0.05, 0.1) is 5.92 Å². The molecule has 0 saturated carbocycles. The molecule has 2 N–H and O–H groups in total. The first-order chi connectivity index (χ1) is 12.5. The predicted molar refractivity (Wildman–Crippen MR) is 102 cm³/mol. The zero-order chi connectivity index (χ0) is 18.5. The lowest BCUT2D eigenvalue weighted by Crippen LogP contribution is -2.46. The van der Waals surface area contributed by atoms with Crippen LogP contribution < -0.4 is 5.32 Å². The number of nitrogens with one attached hydrogen (secondary N) is 1. The van der Waals surface area contributed by atoms with Crippen LogP contribution in [0.5, 0.6) is 5.75 Å². The second kappa shape index (κ2) is 8.32. The number of hydrogen-bond acceptors (Lipinski definition) is 4. The van der Waals surface area contributed by atoms with Crippen LogP contribution in [0, 0.1) is 0 Å². The Morgan fingerprint density at radius 1 is 1.15 bits per heavy atom. The summed E-state index contributed by atoms with van der Waals surface area (Å²) in [6.07, 6.45) is 5.57. The standard InChI is InChI=1S/C21H27N3O2/c1-15(18-4-3-5-20(25)14-18)21(26)23-19-8-12-24(13-9-19)16(2)17-6-10-22-11-7-17/h3-7,10-11,14-16,19,25H,8-9,12-13H2,1-2H3,(H,23,26). The molecule has 2 heterocycles. The van der Waals surface area contributed by atoms with Crippen molar-refractivity contribution < 1.29 is 9.90 Å². The summed E-state index contributed by atoms with van der Waals surface area (Å²) in [5.74, 6) is -0.0485. The highest BCUT2D eigenvalue weighted by Crippen LogP contribution is 2.25. The highest BCUT2D eigenvalue weighted by atomic mass is 16.3. The van der Waals surface area contributed by atoms with Gasteiger partial charge in [-0.05, 0) is 62.1 Å². The number of hydrogen-bond donors (Lipinski definition) is 2. The maximum atomic E-state index is 12.5. The number of carbonyl (C=O) groups excluding carboxylic acids is 1. The van der Waals surface area contributed by atoms with Crippen molar-refractivity contribution in [3.8, 4) is 5.75 Å². The molecule has 2 atom stereocenters. The topological polar surface area (TPSA) is 65.5 Å². The normalized spacial score (nSPS) is 18.2. The number of aromatic nitrogens is 1. The van der Waals surface area contributed by atoms with Crippen LogP contribution >= 0.6 is 0 Å². The van der Waals surface area contributed by atoms with Gasteiger partial charge >= 0.3 is 0 Å². The number of nitrogens with zero attached hydrogens (tertiary/aromatic N) is 2. The van der Waals surface area contributed by atoms with Crippen molar-refractivity contribution >= 4 is 5.91 Å². The minimum atomic E-state index is -0.268. The van der Waals surface area contributed by atoms with Crippen LogP contribution in [0.15, 0.2) is 48.8 Å². The van der Waals surface area contributed by atoms with Crippen LogP contribution in [0.2, 0.25) is 0 Å². The number of aromatic hydroxyl groups is 1. The molecule has 1 saturated heterocycles. The molecule has 1 amide bonds. The van der Waals surface area contributed by atoms with E-state index in [2.05, 4.69) is 34.3 Å². The van der Waals surface area contributed by atoms with E-state index >= 15 is 0 Å². The van der Waals surface area contributed by atoms with Gasteiger partial charge in [0, 0.05) is 37.6 Å². The Morgan fingerprint density at radius 2 is 1.85 bits per heavy atom. The number of pyridine rings is 1. The quantitative estimate of drug-likeness (QED) is 0.866. The summed E-state index contributed by atoms with van der Waals surface area (Å²) in [6.45, 7) is 6.03.